The van der Waals surface area contributed by atoms with Gasteiger partial charge >= 0.3 is 0 Å². The highest BCUT2D eigenvalue weighted by Crippen LogP contribution is 2.22. The Morgan fingerprint density at radius 2 is 2.04 bits per heavy atom. The van der Waals surface area contributed by atoms with Crippen LogP contribution in [0.5, 0.6) is 5.75 Å². The Labute approximate surface area is 170 Å². The lowest BCUT2D eigenvalue weighted by molar-refractivity contribution is 0.185. The molecule has 0 bridgehead atoms. The molecule has 1 aliphatic carbocycles. The predicted molar refractivity (Wildman–Crippen MR) is 116 cm³/mol. The molecule has 0 spiro atoms. The molecule has 6 nitrogen and oxygen atoms in total. The van der Waals surface area contributed by atoms with E-state index in [0.29, 0.717) is 6.54 Å². The summed E-state index contributed by atoms with van der Waals surface area (Å²) in [5, 5.41) is 17.2. The molecule has 28 heavy (non-hydrogen) atoms. The lowest BCUT2D eigenvalue weighted by Gasteiger charge is -2.24. The van der Waals surface area contributed by atoms with Gasteiger partial charge < -0.3 is 25.4 Å². The van der Waals surface area contributed by atoms with E-state index in [1.807, 2.05) is 45.0 Å². The van der Waals surface area contributed by atoms with Crippen molar-refractivity contribution in [3.05, 3.63) is 29.8 Å². The molecule has 1 aliphatic rings. The smallest absolute Gasteiger partial charge is 0.191 e. The van der Waals surface area contributed by atoms with E-state index in [-0.39, 0.29) is 6.10 Å². The van der Waals surface area contributed by atoms with Crippen molar-refractivity contribution in [3.63, 3.8) is 0 Å². The Kier molecular flexibility index (Phi) is 9.58. The monoisotopic (exact) mass is 390 g/mol. The summed E-state index contributed by atoms with van der Waals surface area (Å²) in [5.74, 6) is 1.52. The summed E-state index contributed by atoms with van der Waals surface area (Å²) >= 11 is 0. The lowest BCUT2D eigenvalue weighted by Crippen LogP contribution is -2.42. The van der Waals surface area contributed by atoms with E-state index >= 15 is 0 Å². The summed E-state index contributed by atoms with van der Waals surface area (Å²) in [4.78, 5) is 7.00. The first-order valence-corrected chi connectivity index (χ1v) is 10.7. The number of aliphatic imine (C=N–C) groups is 1. The molecular weight excluding hydrogens is 352 g/mol. The lowest BCUT2D eigenvalue weighted by atomic mass is 10.1. The van der Waals surface area contributed by atoms with Crippen LogP contribution < -0.4 is 15.4 Å². The van der Waals surface area contributed by atoms with Crippen LogP contribution in [0.4, 0.5) is 0 Å². The number of hydrogen-bond donors (Lipinski definition) is 3. The first-order chi connectivity index (χ1) is 13.5. The number of aliphatic hydroxyl groups is 1. The zero-order valence-electron chi connectivity index (χ0n) is 17.9. The third kappa shape index (κ3) is 7.68. The number of nitrogens with zero attached hydrogens (tertiary/aromatic N) is 2. The van der Waals surface area contributed by atoms with Crippen molar-refractivity contribution in [3.8, 4) is 5.75 Å². The molecule has 1 fully saturated rings. The van der Waals surface area contributed by atoms with Gasteiger partial charge in [0.25, 0.3) is 0 Å². The molecule has 0 aliphatic heterocycles. The van der Waals surface area contributed by atoms with Crippen LogP contribution in [0.1, 0.15) is 58.1 Å². The fraction of sp³-hybridized carbons (Fsp3) is 0.682. The average Bonchev–Trinajstić information content (AvgIpc) is 3.20. The molecule has 0 heterocycles. The Balaban J connectivity index is 1.85. The summed E-state index contributed by atoms with van der Waals surface area (Å²) in [6.45, 7) is 8.96. The van der Waals surface area contributed by atoms with E-state index in [1.54, 1.807) is 0 Å². The van der Waals surface area contributed by atoms with Gasteiger partial charge in [-0.1, -0.05) is 25.0 Å². The molecule has 1 saturated carbocycles. The minimum atomic E-state index is -0.660. The molecule has 6 heteroatoms. The highest BCUT2D eigenvalue weighted by Gasteiger charge is 2.18. The number of likely N-dealkylation sites (N-methyl/N-ethyl adjacent to an activating group) is 1. The molecule has 2 rings (SSSR count). The summed E-state index contributed by atoms with van der Waals surface area (Å²) < 4.78 is 5.71. The van der Waals surface area contributed by atoms with Gasteiger partial charge in [0.2, 0.25) is 0 Å². The maximum atomic E-state index is 10.5. The van der Waals surface area contributed by atoms with Gasteiger partial charge in [-0.3, -0.25) is 4.99 Å². The normalized spacial score (nSPS) is 16.6. The predicted octanol–water partition coefficient (Wildman–Crippen LogP) is 2.94. The van der Waals surface area contributed by atoms with Gasteiger partial charge in [0, 0.05) is 25.7 Å². The molecule has 0 amide bonds. The first-order valence-electron chi connectivity index (χ1n) is 10.7. The van der Waals surface area contributed by atoms with E-state index in [9.17, 15) is 5.11 Å². The maximum absolute atomic E-state index is 10.5. The van der Waals surface area contributed by atoms with Gasteiger partial charge in [0.1, 0.15) is 5.75 Å². The van der Waals surface area contributed by atoms with Crippen molar-refractivity contribution in [2.75, 3.05) is 33.2 Å². The summed E-state index contributed by atoms with van der Waals surface area (Å²) in [5.41, 5.74) is 0.818. The van der Waals surface area contributed by atoms with Crippen LogP contribution in [0.15, 0.2) is 29.3 Å². The number of aliphatic hydroxyl groups excluding tert-OH is 1. The third-order valence-electron chi connectivity index (χ3n) is 5.09. The first kappa shape index (κ1) is 22.5. The van der Waals surface area contributed by atoms with Crippen LogP contribution in [-0.2, 0) is 0 Å². The van der Waals surface area contributed by atoms with Crippen molar-refractivity contribution in [1.29, 1.82) is 0 Å². The standard InChI is InChI=1S/C22H38N4O2/c1-5-23-22(24-13-14-26(4)19-10-6-7-11-19)25-16-21(27)18-9-8-12-20(15-18)28-17(2)3/h8-9,12,15,17,19,21,27H,5-7,10-11,13-14,16H2,1-4H3,(H2,23,24,25). The summed E-state index contributed by atoms with van der Waals surface area (Å²) in [6, 6.07) is 8.33. The molecule has 1 atom stereocenters. The topological polar surface area (TPSA) is 69.1 Å². The number of ether oxygens (including phenoxy) is 1. The quantitative estimate of drug-likeness (QED) is 0.423. The van der Waals surface area contributed by atoms with Crippen LogP contribution in [0, 0.1) is 0 Å². The van der Waals surface area contributed by atoms with Gasteiger partial charge in [0.05, 0.1) is 18.8 Å². The highest BCUT2D eigenvalue weighted by molar-refractivity contribution is 5.79. The second-order valence-electron chi connectivity index (χ2n) is 7.82. The Morgan fingerprint density at radius 3 is 2.71 bits per heavy atom. The van der Waals surface area contributed by atoms with Crippen LogP contribution in [0.25, 0.3) is 0 Å². The van der Waals surface area contributed by atoms with Gasteiger partial charge in [-0.05, 0) is 58.4 Å². The van der Waals surface area contributed by atoms with Crippen molar-refractivity contribution in [1.82, 2.24) is 15.5 Å². The fourth-order valence-corrected chi connectivity index (χ4v) is 3.57. The van der Waals surface area contributed by atoms with E-state index in [0.717, 1.165) is 42.9 Å². The van der Waals surface area contributed by atoms with E-state index in [4.69, 9.17) is 4.74 Å². The molecule has 1 aromatic carbocycles. The van der Waals surface area contributed by atoms with Crippen molar-refractivity contribution in [2.45, 2.75) is 64.7 Å². The van der Waals surface area contributed by atoms with Gasteiger partial charge in [-0.15, -0.1) is 0 Å². The second-order valence-corrected chi connectivity index (χ2v) is 7.82. The molecule has 1 aromatic rings. The van der Waals surface area contributed by atoms with E-state index in [2.05, 4.69) is 27.6 Å². The Morgan fingerprint density at radius 1 is 1.29 bits per heavy atom. The molecule has 158 valence electrons. The van der Waals surface area contributed by atoms with E-state index < -0.39 is 6.10 Å². The van der Waals surface area contributed by atoms with Crippen molar-refractivity contribution in [2.24, 2.45) is 4.99 Å². The molecule has 0 radical (unpaired) electrons. The van der Waals surface area contributed by atoms with Gasteiger partial charge in [0.15, 0.2) is 5.96 Å². The maximum Gasteiger partial charge on any atom is 0.191 e. The zero-order chi connectivity index (χ0) is 20.4. The number of rotatable bonds is 10. The zero-order valence-corrected chi connectivity index (χ0v) is 17.9. The number of hydrogen-bond acceptors (Lipinski definition) is 4. The largest absolute Gasteiger partial charge is 0.491 e. The van der Waals surface area contributed by atoms with Crippen molar-refractivity contribution >= 4 is 5.96 Å². The third-order valence-corrected chi connectivity index (χ3v) is 5.09. The Bertz CT molecular complexity index is 600. The summed E-state index contributed by atoms with van der Waals surface area (Å²) in [6.07, 6.45) is 4.79. The Hall–Kier alpha value is -1.79. The van der Waals surface area contributed by atoms with Crippen LogP contribution in [0.2, 0.25) is 0 Å². The van der Waals surface area contributed by atoms with Crippen molar-refractivity contribution < 1.29 is 9.84 Å². The summed E-state index contributed by atoms with van der Waals surface area (Å²) in [7, 11) is 2.21. The molecule has 0 saturated heterocycles. The van der Waals surface area contributed by atoms with Crippen LogP contribution >= 0.6 is 0 Å². The molecule has 3 N–H and O–H groups in total. The average molecular weight is 391 g/mol. The van der Waals surface area contributed by atoms with Crippen LogP contribution in [-0.4, -0.2) is 61.3 Å². The number of nitrogens with one attached hydrogen (secondary N) is 2. The second kappa shape index (κ2) is 11.9. The SMILES string of the molecule is CCNC(=NCC(O)c1cccc(OC(C)C)c1)NCCN(C)C1CCCC1. The highest BCUT2D eigenvalue weighted by atomic mass is 16.5. The molecular formula is C22H38N4O2. The van der Waals surface area contributed by atoms with E-state index in [1.165, 1.54) is 25.7 Å². The van der Waals surface area contributed by atoms with Gasteiger partial charge in [-0.2, -0.15) is 0 Å². The minimum absolute atomic E-state index is 0.109. The number of benzene rings is 1. The fourth-order valence-electron chi connectivity index (χ4n) is 3.57. The van der Waals surface area contributed by atoms with Crippen LogP contribution in [0.3, 0.4) is 0 Å². The number of guanidine groups is 1. The minimum Gasteiger partial charge on any atom is -0.491 e. The molecule has 1 unspecified atom stereocenters. The van der Waals surface area contributed by atoms with Gasteiger partial charge in [-0.25, -0.2) is 0 Å². The molecule has 0 aromatic heterocycles.